The number of hydrogen-bond acceptors (Lipinski definition) is 14. The van der Waals surface area contributed by atoms with Crippen LogP contribution in [0, 0.1) is 11.8 Å². The van der Waals surface area contributed by atoms with Crippen molar-refractivity contribution in [2.24, 2.45) is 11.8 Å². The average molecular weight is 657 g/mol. The molecule has 244 valence electrons. The summed E-state index contributed by atoms with van der Waals surface area (Å²) in [4.78, 5) is 14.3. The Morgan fingerprint density at radius 3 is 2.35 bits per heavy atom. The van der Waals surface area contributed by atoms with E-state index < -0.39 is 66.8 Å². The van der Waals surface area contributed by atoms with E-state index in [9.17, 15) is 20.1 Å². The SMILES string of the molecule is COc1cc([C@@H]2c3cc4c(cc3[C@H](O[C@H]3O[C@H]5CO[C@H](c6cccs6)O[C@@H]5[C@@H](O)[C@H]3O)[C@H]3COC(=O)[C@H]23)OCO4)cc(OC)c1O. The van der Waals surface area contributed by atoms with E-state index in [1.165, 1.54) is 25.6 Å². The number of cyclic esters (lactones) is 1. The molecule has 3 N–H and O–H groups in total. The largest absolute Gasteiger partial charge is 0.502 e. The Kier molecular flexibility index (Phi) is 7.48. The van der Waals surface area contributed by atoms with Gasteiger partial charge in [0.2, 0.25) is 12.5 Å². The van der Waals surface area contributed by atoms with E-state index in [4.69, 9.17) is 42.6 Å². The van der Waals surface area contributed by atoms with Crippen LogP contribution in [0.2, 0.25) is 0 Å². The minimum absolute atomic E-state index is 0.0242. The monoisotopic (exact) mass is 656 g/mol. The fourth-order valence-corrected chi connectivity index (χ4v) is 7.89. The highest BCUT2D eigenvalue weighted by atomic mass is 32.1. The molecule has 5 heterocycles. The summed E-state index contributed by atoms with van der Waals surface area (Å²) in [6, 6.07) is 10.7. The van der Waals surface area contributed by atoms with Crippen molar-refractivity contribution in [1.82, 2.24) is 0 Å². The zero-order chi connectivity index (χ0) is 31.7. The Labute approximate surface area is 267 Å². The third kappa shape index (κ3) is 4.70. The number of rotatable bonds is 6. The molecule has 14 heteroatoms. The van der Waals surface area contributed by atoms with Gasteiger partial charge in [-0.25, -0.2) is 0 Å². The number of thiophene rings is 1. The molecule has 3 aromatic rings. The summed E-state index contributed by atoms with van der Waals surface area (Å²) >= 11 is 1.46. The molecular formula is C32H32O13S. The number of phenolic OH excluding ortho intramolecular Hbond substituents is 1. The van der Waals surface area contributed by atoms with Gasteiger partial charge in [-0.05, 0) is 52.4 Å². The number of carbonyl (C=O) groups excluding carboxylic acids is 1. The molecule has 0 bridgehead atoms. The molecule has 5 aliphatic rings. The number of ether oxygens (including phenoxy) is 9. The van der Waals surface area contributed by atoms with Crippen molar-refractivity contribution in [1.29, 1.82) is 0 Å². The zero-order valence-electron chi connectivity index (χ0n) is 24.8. The minimum atomic E-state index is -1.47. The van der Waals surface area contributed by atoms with Crippen molar-refractivity contribution in [3.63, 3.8) is 0 Å². The molecule has 10 atom stereocenters. The van der Waals surface area contributed by atoms with Crippen molar-refractivity contribution >= 4 is 17.3 Å². The predicted molar refractivity (Wildman–Crippen MR) is 156 cm³/mol. The van der Waals surface area contributed by atoms with Crippen LogP contribution < -0.4 is 18.9 Å². The normalized spacial score (nSPS) is 34.3. The molecule has 13 nitrogen and oxygen atoms in total. The van der Waals surface area contributed by atoms with Crippen LogP contribution >= 0.6 is 11.3 Å². The number of fused-ring (bicyclic) bond motifs is 4. The van der Waals surface area contributed by atoms with E-state index in [-0.39, 0.29) is 37.3 Å². The summed E-state index contributed by atoms with van der Waals surface area (Å²) < 4.78 is 52.6. The van der Waals surface area contributed by atoms with Crippen LogP contribution in [0.25, 0.3) is 0 Å². The highest BCUT2D eigenvalue weighted by Gasteiger charge is 2.56. The van der Waals surface area contributed by atoms with Crippen LogP contribution in [0.5, 0.6) is 28.7 Å². The highest BCUT2D eigenvalue weighted by Crippen LogP contribution is 2.57. The fraction of sp³-hybridized carbons (Fsp3) is 0.469. The van der Waals surface area contributed by atoms with E-state index in [0.717, 1.165) is 4.88 Å². The van der Waals surface area contributed by atoms with Crippen LogP contribution in [-0.2, 0) is 28.5 Å². The maximum Gasteiger partial charge on any atom is 0.310 e. The second kappa shape index (κ2) is 11.6. The lowest BCUT2D eigenvalue weighted by molar-refractivity contribution is -0.368. The summed E-state index contributed by atoms with van der Waals surface area (Å²) in [5.41, 5.74) is 2.00. The fourth-order valence-electron chi connectivity index (χ4n) is 7.18. The number of carbonyl (C=O) groups is 1. The van der Waals surface area contributed by atoms with Gasteiger partial charge >= 0.3 is 5.97 Å². The number of hydrogen-bond donors (Lipinski definition) is 3. The van der Waals surface area contributed by atoms with Crippen LogP contribution in [0.3, 0.4) is 0 Å². The van der Waals surface area contributed by atoms with Crippen molar-refractivity contribution in [3.8, 4) is 28.7 Å². The van der Waals surface area contributed by atoms with Gasteiger partial charge in [-0.3, -0.25) is 4.79 Å². The maximum atomic E-state index is 13.5. The summed E-state index contributed by atoms with van der Waals surface area (Å²) in [5, 5.41) is 35.0. The number of esters is 1. The Morgan fingerprint density at radius 1 is 0.913 bits per heavy atom. The van der Waals surface area contributed by atoms with Crippen molar-refractivity contribution in [2.75, 3.05) is 34.2 Å². The third-order valence-electron chi connectivity index (χ3n) is 9.37. The van der Waals surface area contributed by atoms with E-state index in [0.29, 0.717) is 28.2 Å². The molecule has 1 aliphatic carbocycles. The van der Waals surface area contributed by atoms with E-state index >= 15 is 0 Å². The minimum Gasteiger partial charge on any atom is -0.502 e. The summed E-state index contributed by atoms with van der Waals surface area (Å²) in [7, 11) is 2.86. The Balaban J connectivity index is 1.16. The molecule has 3 fully saturated rings. The highest BCUT2D eigenvalue weighted by molar-refractivity contribution is 7.10. The number of benzene rings is 2. The second-order valence-corrected chi connectivity index (χ2v) is 12.7. The van der Waals surface area contributed by atoms with Crippen LogP contribution in [0.15, 0.2) is 41.8 Å². The molecule has 1 aromatic heterocycles. The first-order chi connectivity index (χ1) is 22.4. The number of phenols is 1. The molecule has 46 heavy (non-hydrogen) atoms. The van der Waals surface area contributed by atoms with Crippen molar-refractivity contribution in [2.45, 2.75) is 49.0 Å². The second-order valence-electron chi connectivity index (χ2n) is 11.8. The van der Waals surface area contributed by atoms with Gasteiger partial charge in [0.15, 0.2) is 35.6 Å². The Bertz CT molecular complexity index is 1600. The lowest BCUT2D eigenvalue weighted by Gasteiger charge is -2.48. The number of aliphatic hydroxyl groups is 2. The van der Waals surface area contributed by atoms with Crippen molar-refractivity contribution < 1.29 is 62.7 Å². The first-order valence-electron chi connectivity index (χ1n) is 14.9. The quantitative estimate of drug-likeness (QED) is 0.333. The van der Waals surface area contributed by atoms with Crippen LogP contribution in [-0.4, -0.2) is 86.2 Å². The summed E-state index contributed by atoms with van der Waals surface area (Å²) in [5.74, 6) is -1.08. The standard InChI is InChI=1S/C32H32O13S/c1-37-19-6-13(7-20(38-2)25(19)33)23-14-8-17-18(42-12-41-17)9-15(14)28(16-10-39-30(36)24(16)23)44-32-27(35)26(34)29-21(43-32)11-40-31(45-29)22-4-3-5-46-22/h3-9,16,21,23-24,26-29,31-35H,10-12H2,1-2H3/t16-,21-,23+,24-,26-,27+,28-,29-,31-,32+/m0/s1. The molecule has 2 aromatic carbocycles. The van der Waals surface area contributed by atoms with E-state index in [1.54, 1.807) is 18.2 Å². The van der Waals surface area contributed by atoms with Gasteiger partial charge in [0.05, 0.1) is 44.3 Å². The lowest BCUT2D eigenvalue weighted by Crippen LogP contribution is -2.62. The molecule has 0 unspecified atom stereocenters. The zero-order valence-corrected chi connectivity index (χ0v) is 25.6. The summed E-state index contributed by atoms with van der Waals surface area (Å²) in [6.45, 7) is 0.171. The van der Waals surface area contributed by atoms with Gasteiger partial charge in [-0.15, -0.1) is 11.3 Å². The molecule has 4 aliphatic heterocycles. The molecule has 8 rings (SSSR count). The van der Waals surface area contributed by atoms with Crippen LogP contribution in [0.4, 0.5) is 0 Å². The smallest absolute Gasteiger partial charge is 0.310 e. The summed E-state index contributed by atoms with van der Waals surface area (Å²) in [6.07, 6.45) is -7.16. The topological polar surface area (TPSA) is 161 Å². The van der Waals surface area contributed by atoms with Gasteiger partial charge < -0.3 is 58.0 Å². The van der Waals surface area contributed by atoms with Gasteiger partial charge in [-0.1, -0.05) is 6.07 Å². The van der Waals surface area contributed by atoms with Gasteiger partial charge in [-0.2, -0.15) is 0 Å². The first kappa shape index (κ1) is 29.8. The Morgan fingerprint density at radius 2 is 1.65 bits per heavy atom. The first-order valence-corrected chi connectivity index (χ1v) is 15.8. The lowest BCUT2D eigenvalue weighted by atomic mass is 9.66. The molecular weight excluding hydrogens is 624 g/mol. The number of aromatic hydroxyl groups is 1. The van der Waals surface area contributed by atoms with Gasteiger partial charge in [0.25, 0.3) is 0 Å². The third-order valence-corrected chi connectivity index (χ3v) is 10.3. The Hall–Kier alpha value is -3.63. The molecule has 3 saturated heterocycles. The maximum absolute atomic E-state index is 13.5. The van der Waals surface area contributed by atoms with E-state index in [2.05, 4.69) is 0 Å². The van der Waals surface area contributed by atoms with Gasteiger partial charge in [0.1, 0.15) is 24.4 Å². The van der Waals surface area contributed by atoms with Crippen molar-refractivity contribution in [3.05, 3.63) is 63.3 Å². The van der Waals surface area contributed by atoms with Gasteiger partial charge in [0, 0.05) is 11.8 Å². The number of aliphatic hydroxyl groups excluding tert-OH is 2. The molecule has 0 spiro atoms. The number of methoxy groups -OCH3 is 2. The van der Waals surface area contributed by atoms with Crippen LogP contribution in [0.1, 0.15) is 39.9 Å². The average Bonchev–Trinajstić information content (AvgIpc) is 3.85. The molecule has 0 radical (unpaired) electrons. The predicted octanol–water partition coefficient (Wildman–Crippen LogP) is 2.75. The molecule has 0 amide bonds. The molecule has 0 saturated carbocycles. The van der Waals surface area contributed by atoms with E-state index in [1.807, 2.05) is 23.6 Å².